The lowest BCUT2D eigenvalue weighted by Gasteiger charge is -2.10. The molecule has 122 valence electrons. The number of imidazole rings is 1. The van der Waals surface area contributed by atoms with Crippen LogP contribution in [0.3, 0.4) is 0 Å². The first-order valence-electron chi connectivity index (χ1n) is 7.50. The molecule has 2 N–H and O–H groups in total. The van der Waals surface area contributed by atoms with Crippen molar-refractivity contribution in [3.8, 4) is 5.95 Å². The van der Waals surface area contributed by atoms with E-state index in [1.54, 1.807) is 29.4 Å². The van der Waals surface area contributed by atoms with Crippen molar-refractivity contribution in [2.45, 2.75) is 20.8 Å². The van der Waals surface area contributed by atoms with Crippen molar-refractivity contribution in [2.75, 3.05) is 10.6 Å². The molecule has 0 aliphatic rings. The van der Waals surface area contributed by atoms with Gasteiger partial charge in [0.05, 0.1) is 18.1 Å². The van der Waals surface area contributed by atoms with Gasteiger partial charge in [0.15, 0.2) is 0 Å². The Morgan fingerprint density at radius 1 is 1.04 bits per heavy atom. The summed E-state index contributed by atoms with van der Waals surface area (Å²) in [4.78, 5) is 24.7. The third kappa shape index (κ3) is 3.40. The zero-order valence-electron chi connectivity index (χ0n) is 13.7. The summed E-state index contributed by atoms with van der Waals surface area (Å²) >= 11 is 0. The van der Waals surface area contributed by atoms with Crippen LogP contribution in [0, 0.1) is 20.8 Å². The quantitative estimate of drug-likeness (QED) is 0.775. The minimum Gasteiger partial charge on any atom is -0.307 e. The van der Waals surface area contributed by atoms with Crippen LogP contribution >= 0.6 is 0 Å². The summed E-state index contributed by atoms with van der Waals surface area (Å²) in [5.41, 5.74) is 3.44. The molecular weight excluding hydrogens is 304 g/mol. The number of anilines is 2. The van der Waals surface area contributed by atoms with E-state index < -0.39 is 0 Å². The van der Waals surface area contributed by atoms with Gasteiger partial charge in [-0.2, -0.15) is 0 Å². The number of nitrogens with zero attached hydrogens (tertiary/aromatic N) is 4. The Labute approximate surface area is 139 Å². The second-order valence-electron chi connectivity index (χ2n) is 5.51. The zero-order valence-corrected chi connectivity index (χ0v) is 13.7. The van der Waals surface area contributed by atoms with E-state index in [1.807, 2.05) is 39.0 Å². The van der Waals surface area contributed by atoms with Crippen LogP contribution in [0.1, 0.15) is 17.0 Å². The number of aromatic nitrogens is 4. The molecule has 0 atom stereocenters. The van der Waals surface area contributed by atoms with Crippen LogP contribution in [0.25, 0.3) is 5.95 Å². The largest absolute Gasteiger partial charge is 0.323 e. The molecule has 0 bridgehead atoms. The van der Waals surface area contributed by atoms with E-state index in [0.29, 0.717) is 11.6 Å². The Morgan fingerprint density at radius 2 is 1.79 bits per heavy atom. The molecule has 2 amide bonds. The maximum absolute atomic E-state index is 12.1. The van der Waals surface area contributed by atoms with Crippen LogP contribution in [0.15, 0.2) is 43.0 Å². The molecule has 7 nitrogen and oxygen atoms in total. The maximum atomic E-state index is 12.1. The van der Waals surface area contributed by atoms with E-state index in [9.17, 15) is 4.79 Å². The predicted molar refractivity (Wildman–Crippen MR) is 92.4 cm³/mol. The summed E-state index contributed by atoms with van der Waals surface area (Å²) in [6.45, 7) is 5.83. The molecule has 3 rings (SSSR count). The summed E-state index contributed by atoms with van der Waals surface area (Å²) in [5.74, 6) is 1.30. The minimum atomic E-state index is -0.336. The monoisotopic (exact) mass is 322 g/mol. The summed E-state index contributed by atoms with van der Waals surface area (Å²) in [6, 6.07) is 5.51. The highest BCUT2D eigenvalue weighted by atomic mass is 16.2. The maximum Gasteiger partial charge on any atom is 0.323 e. The Bertz CT molecular complexity index is 869. The van der Waals surface area contributed by atoms with Gasteiger partial charge in [0.25, 0.3) is 0 Å². The number of benzene rings is 1. The second-order valence-corrected chi connectivity index (χ2v) is 5.51. The van der Waals surface area contributed by atoms with Gasteiger partial charge in [-0.15, -0.1) is 0 Å². The van der Waals surface area contributed by atoms with Gasteiger partial charge >= 0.3 is 6.03 Å². The average Bonchev–Trinajstić information content (AvgIpc) is 2.97. The van der Waals surface area contributed by atoms with Crippen molar-refractivity contribution in [1.29, 1.82) is 0 Å². The lowest BCUT2D eigenvalue weighted by molar-refractivity contribution is 0.262. The molecule has 0 saturated carbocycles. The van der Waals surface area contributed by atoms with Crippen molar-refractivity contribution in [3.63, 3.8) is 0 Å². The van der Waals surface area contributed by atoms with Gasteiger partial charge in [-0.25, -0.2) is 19.7 Å². The molecule has 0 aliphatic carbocycles. The van der Waals surface area contributed by atoms with Crippen LogP contribution in [-0.2, 0) is 0 Å². The third-order valence-corrected chi connectivity index (χ3v) is 3.57. The van der Waals surface area contributed by atoms with Crippen LogP contribution in [0.5, 0.6) is 0 Å². The number of carbonyl (C=O) groups is 1. The third-order valence-electron chi connectivity index (χ3n) is 3.57. The first kappa shape index (κ1) is 15.7. The zero-order chi connectivity index (χ0) is 17.1. The predicted octanol–water partition coefficient (Wildman–Crippen LogP) is 3.23. The highest BCUT2D eigenvalue weighted by Gasteiger charge is 2.07. The van der Waals surface area contributed by atoms with Crippen molar-refractivity contribution in [3.05, 3.63) is 59.9 Å². The lowest BCUT2D eigenvalue weighted by atomic mass is 10.1. The molecule has 0 radical (unpaired) electrons. The average molecular weight is 322 g/mol. The second kappa shape index (κ2) is 6.49. The topological polar surface area (TPSA) is 84.7 Å². The van der Waals surface area contributed by atoms with E-state index in [4.69, 9.17) is 0 Å². The summed E-state index contributed by atoms with van der Waals surface area (Å²) in [7, 11) is 0. The number of carbonyl (C=O) groups excluding carboxylic acids is 1. The highest BCUT2D eigenvalue weighted by molar-refractivity contribution is 6.00. The molecule has 0 saturated heterocycles. The van der Waals surface area contributed by atoms with Crippen molar-refractivity contribution in [1.82, 2.24) is 19.5 Å². The van der Waals surface area contributed by atoms with E-state index >= 15 is 0 Å². The molecule has 2 aromatic heterocycles. The SMILES string of the molecule is Cc1ccc(NC(=O)Nc2cnc(-n3ccnc3C)nc2)c(C)c1. The smallest absolute Gasteiger partial charge is 0.307 e. The Kier molecular flexibility index (Phi) is 4.24. The number of amides is 2. The molecule has 1 aromatic carbocycles. The Hall–Kier alpha value is -3.22. The van der Waals surface area contributed by atoms with Gasteiger partial charge in [0, 0.05) is 18.1 Å². The van der Waals surface area contributed by atoms with Gasteiger partial charge in [-0.3, -0.25) is 4.57 Å². The number of urea groups is 1. The van der Waals surface area contributed by atoms with Gasteiger partial charge in [0.1, 0.15) is 5.82 Å². The van der Waals surface area contributed by atoms with Crippen LogP contribution in [-0.4, -0.2) is 25.6 Å². The van der Waals surface area contributed by atoms with Crippen LogP contribution < -0.4 is 10.6 Å². The van der Waals surface area contributed by atoms with Gasteiger partial charge in [-0.05, 0) is 32.4 Å². The van der Waals surface area contributed by atoms with E-state index in [2.05, 4.69) is 25.6 Å². The normalized spacial score (nSPS) is 10.5. The van der Waals surface area contributed by atoms with Gasteiger partial charge < -0.3 is 10.6 Å². The Morgan fingerprint density at radius 3 is 2.42 bits per heavy atom. The van der Waals surface area contributed by atoms with Crippen LogP contribution in [0.4, 0.5) is 16.2 Å². The molecule has 2 heterocycles. The number of hydrogen-bond donors (Lipinski definition) is 2. The first-order valence-corrected chi connectivity index (χ1v) is 7.50. The molecule has 0 fully saturated rings. The molecular formula is C17H18N6O. The van der Waals surface area contributed by atoms with E-state index in [-0.39, 0.29) is 6.03 Å². The molecule has 0 unspecified atom stereocenters. The van der Waals surface area contributed by atoms with Crippen molar-refractivity contribution < 1.29 is 4.79 Å². The summed E-state index contributed by atoms with van der Waals surface area (Å²) in [6.07, 6.45) is 6.58. The van der Waals surface area contributed by atoms with Gasteiger partial charge in [-0.1, -0.05) is 17.7 Å². The highest BCUT2D eigenvalue weighted by Crippen LogP contribution is 2.16. The lowest BCUT2D eigenvalue weighted by Crippen LogP contribution is -2.20. The number of aryl methyl sites for hydroxylation is 3. The fraction of sp³-hybridized carbons (Fsp3) is 0.176. The first-order chi connectivity index (χ1) is 11.5. The van der Waals surface area contributed by atoms with Gasteiger partial charge in [0.2, 0.25) is 5.95 Å². The van der Waals surface area contributed by atoms with Crippen molar-refractivity contribution >= 4 is 17.4 Å². The summed E-state index contributed by atoms with van der Waals surface area (Å²) in [5, 5.41) is 5.54. The fourth-order valence-corrected chi connectivity index (χ4v) is 2.34. The van der Waals surface area contributed by atoms with Crippen molar-refractivity contribution in [2.24, 2.45) is 0 Å². The standard InChI is InChI=1S/C17H18N6O/c1-11-4-5-15(12(2)8-11)22-17(24)21-14-9-19-16(20-10-14)23-7-6-18-13(23)3/h4-10H,1-3H3,(H2,21,22,24). The number of nitrogens with one attached hydrogen (secondary N) is 2. The number of rotatable bonds is 3. The minimum absolute atomic E-state index is 0.336. The molecule has 0 spiro atoms. The fourth-order valence-electron chi connectivity index (χ4n) is 2.34. The van der Waals surface area contributed by atoms with Crippen LogP contribution in [0.2, 0.25) is 0 Å². The van der Waals surface area contributed by atoms with E-state index in [0.717, 1.165) is 22.6 Å². The molecule has 7 heteroatoms. The van der Waals surface area contributed by atoms with E-state index in [1.165, 1.54) is 0 Å². The Balaban J connectivity index is 1.67. The summed E-state index contributed by atoms with van der Waals surface area (Å²) < 4.78 is 1.76. The molecule has 3 aromatic rings. The molecule has 24 heavy (non-hydrogen) atoms. The number of hydrogen-bond acceptors (Lipinski definition) is 4. The molecule has 0 aliphatic heterocycles.